The molecule has 0 spiro atoms. The first-order valence-corrected chi connectivity index (χ1v) is 9.91. The number of benzene rings is 2. The molecule has 2 aromatic carbocycles. The van der Waals surface area contributed by atoms with Crippen LogP contribution in [-0.4, -0.2) is 37.2 Å². The van der Waals surface area contributed by atoms with Crippen LogP contribution in [0.5, 0.6) is 5.75 Å². The molecule has 158 valence electrons. The first kappa shape index (κ1) is 21.6. The molecule has 0 amide bonds. The summed E-state index contributed by atoms with van der Waals surface area (Å²) >= 11 is 0. The van der Waals surface area contributed by atoms with Crippen LogP contribution < -0.4 is 10.1 Å². The number of piperazine rings is 1. The third-order valence-corrected chi connectivity index (χ3v) is 5.26. The fourth-order valence-corrected chi connectivity index (χ4v) is 3.72. The lowest BCUT2D eigenvalue weighted by Crippen LogP contribution is -2.46. The smallest absolute Gasteiger partial charge is 0.420 e. The lowest BCUT2D eigenvalue weighted by atomic mass is 9.97. The highest BCUT2D eigenvalue weighted by Gasteiger charge is 2.36. The van der Waals surface area contributed by atoms with Crippen molar-refractivity contribution in [3.05, 3.63) is 65.5 Å². The Morgan fingerprint density at radius 2 is 1.76 bits per heavy atom. The largest absolute Gasteiger partial charge is 0.490 e. The highest BCUT2D eigenvalue weighted by Crippen LogP contribution is 2.38. The maximum absolute atomic E-state index is 13.4. The van der Waals surface area contributed by atoms with Crippen molar-refractivity contribution in [3.8, 4) is 5.75 Å². The lowest BCUT2D eigenvalue weighted by Gasteiger charge is -2.37. The molecule has 3 rings (SSSR count). The summed E-state index contributed by atoms with van der Waals surface area (Å²) in [4.78, 5) is 2.34. The van der Waals surface area contributed by atoms with E-state index >= 15 is 0 Å². The summed E-state index contributed by atoms with van der Waals surface area (Å²) in [6.07, 6.45) is -4.01. The Balaban J connectivity index is 1.83. The van der Waals surface area contributed by atoms with Gasteiger partial charge in [0.2, 0.25) is 0 Å². The Bertz CT molecular complexity index is 776. The minimum Gasteiger partial charge on any atom is -0.490 e. The molecule has 1 aliphatic rings. The van der Waals surface area contributed by atoms with E-state index in [0.29, 0.717) is 18.9 Å². The molecule has 1 aliphatic heterocycles. The molecule has 1 heterocycles. The van der Waals surface area contributed by atoms with Crippen molar-refractivity contribution in [3.63, 3.8) is 0 Å². The Kier molecular flexibility index (Phi) is 7.14. The van der Waals surface area contributed by atoms with Gasteiger partial charge in [-0.1, -0.05) is 37.3 Å². The van der Waals surface area contributed by atoms with Gasteiger partial charge in [0.05, 0.1) is 0 Å². The summed E-state index contributed by atoms with van der Waals surface area (Å²) in [6, 6.07) is 12.6. The predicted octanol–water partition coefficient (Wildman–Crippen LogP) is 5.04. The predicted molar refractivity (Wildman–Crippen MR) is 104 cm³/mol. The Morgan fingerprint density at radius 3 is 2.38 bits per heavy atom. The van der Waals surface area contributed by atoms with E-state index in [0.717, 1.165) is 43.9 Å². The van der Waals surface area contributed by atoms with Gasteiger partial charge in [0.25, 0.3) is 0 Å². The van der Waals surface area contributed by atoms with Crippen LogP contribution in [0.15, 0.2) is 48.5 Å². The molecule has 0 aliphatic carbocycles. The molecule has 2 unspecified atom stereocenters. The van der Waals surface area contributed by atoms with Gasteiger partial charge in [-0.2, -0.15) is 13.2 Å². The normalized spacial score (nSPS) is 17.7. The van der Waals surface area contributed by atoms with Crippen LogP contribution in [0.2, 0.25) is 0 Å². The van der Waals surface area contributed by atoms with Crippen molar-refractivity contribution < 1.29 is 22.3 Å². The third kappa shape index (κ3) is 5.70. The number of rotatable bonds is 7. The van der Waals surface area contributed by atoms with Crippen molar-refractivity contribution in [2.75, 3.05) is 26.2 Å². The summed E-state index contributed by atoms with van der Waals surface area (Å²) in [7, 11) is 0. The SMILES string of the molecule is CCC(CC(c1ccccc1)N1CCNCC1)Oc1ccc(F)cc1C(F)(F)F. The highest BCUT2D eigenvalue weighted by molar-refractivity contribution is 5.36. The Labute approximate surface area is 168 Å². The first-order chi connectivity index (χ1) is 13.9. The van der Waals surface area contributed by atoms with Crippen LogP contribution in [0.1, 0.15) is 36.9 Å². The zero-order valence-electron chi connectivity index (χ0n) is 16.4. The van der Waals surface area contributed by atoms with E-state index in [2.05, 4.69) is 10.2 Å². The first-order valence-electron chi connectivity index (χ1n) is 9.91. The molecule has 1 fully saturated rings. The molecule has 3 nitrogen and oxygen atoms in total. The molecule has 0 saturated carbocycles. The second-order valence-corrected chi connectivity index (χ2v) is 7.23. The Hall–Kier alpha value is -2.12. The topological polar surface area (TPSA) is 24.5 Å². The van der Waals surface area contributed by atoms with Gasteiger partial charge in [-0.15, -0.1) is 0 Å². The zero-order valence-corrected chi connectivity index (χ0v) is 16.4. The van der Waals surface area contributed by atoms with Gasteiger partial charge in [-0.05, 0) is 30.2 Å². The molecular weight excluding hydrogens is 384 g/mol. The number of ether oxygens (including phenoxy) is 1. The molecule has 0 bridgehead atoms. The quantitative estimate of drug-likeness (QED) is 0.648. The van der Waals surface area contributed by atoms with E-state index in [1.807, 2.05) is 37.3 Å². The molecule has 2 aromatic rings. The molecule has 0 radical (unpaired) electrons. The highest BCUT2D eigenvalue weighted by atomic mass is 19.4. The third-order valence-electron chi connectivity index (χ3n) is 5.26. The average Bonchev–Trinajstić information content (AvgIpc) is 2.72. The van der Waals surface area contributed by atoms with Gasteiger partial charge in [0.1, 0.15) is 23.2 Å². The molecular formula is C22H26F4N2O. The van der Waals surface area contributed by atoms with E-state index < -0.39 is 23.7 Å². The average molecular weight is 410 g/mol. The molecule has 2 atom stereocenters. The fraction of sp³-hybridized carbons (Fsp3) is 0.455. The maximum atomic E-state index is 13.4. The van der Waals surface area contributed by atoms with Crippen molar-refractivity contribution in [1.82, 2.24) is 10.2 Å². The minimum absolute atomic E-state index is 0.0398. The molecule has 29 heavy (non-hydrogen) atoms. The van der Waals surface area contributed by atoms with E-state index in [1.54, 1.807) is 0 Å². The number of halogens is 4. The number of nitrogens with zero attached hydrogens (tertiary/aromatic N) is 1. The van der Waals surface area contributed by atoms with Gasteiger partial charge in [0.15, 0.2) is 0 Å². The molecule has 7 heteroatoms. The van der Waals surface area contributed by atoms with E-state index in [-0.39, 0.29) is 11.8 Å². The van der Waals surface area contributed by atoms with Crippen LogP contribution in [0.25, 0.3) is 0 Å². The van der Waals surface area contributed by atoms with E-state index in [4.69, 9.17) is 4.74 Å². The van der Waals surface area contributed by atoms with Gasteiger partial charge in [-0.3, -0.25) is 4.90 Å². The summed E-state index contributed by atoms with van der Waals surface area (Å²) < 4.78 is 59.2. The number of alkyl halides is 3. The van der Waals surface area contributed by atoms with Gasteiger partial charge in [-0.25, -0.2) is 4.39 Å². The lowest BCUT2D eigenvalue weighted by molar-refractivity contribution is -0.139. The van der Waals surface area contributed by atoms with E-state index in [1.165, 1.54) is 0 Å². The summed E-state index contributed by atoms with van der Waals surface area (Å²) in [5.41, 5.74) is 0.0426. The van der Waals surface area contributed by atoms with E-state index in [9.17, 15) is 17.6 Å². The standard InChI is InChI=1S/C22H26F4N2O/c1-2-18(29-21-9-8-17(23)14-19(21)22(24,25)26)15-20(16-6-4-3-5-7-16)28-12-10-27-11-13-28/h3-9,14,18,20,27H,2,10-13,15H2,1H3. The Morgan fingerprint density at radius 1 is 1.07 bits per heavy atom. The molecule has 1 N–H and O–H groups in total. The summed E-state index contributed by atoms with van der Waals surface area (Å²) in [5, 5.41) is 3.32. The second kappa shape index (κ2) is 9.59. The van der Waals surface area contributed by atoms with Crippen LogP contribution in [-0.2, 0) is 6.18 Å². The number of hydrogen-bond acceptors (Lipinski definition) is 3. The second-order valence-electron chi connectivity index (χ2n) is 7.23. The maximum Gasteiger partial charge on any atom is 0.420 e. The zero-order chi connectivity index (χ0) is 20.9. The van der Waals surface area contributed by atoms with Crippen molar-refractivity contribution in [2.45, 2.75) is 38.1 Å². The van der Waals surface area contributed by atoms with Crippen LogP contribution in [0.4, 0.5) is 17.6 Å². The van der Waals surface area contributed by atoms with Gasteiger partial charge >= 0.3 is 6.18 Å². The van der Waals surface area contributed by atoms with Crippen LogP contribution in [0.3, 0.4) is 0 Å². The van der Waals surface area contributed by atoms with Crippen molar-refractivity contribution in [2.24, 2.45) is 0 Å². The van der Waals surface area contributed by atoms with Crippen LogP contribution in [0, 0.1) is 5.82 Å². The van der Waals surface area contributed by atoms with Crippen LogP contribution >= 0.6 is 0 Å². The molecule has 1 saturated heterocycles. The van der Waals surface area contributed by atoms with Crippen molar-refractivity contribution in [1.29, 1.82) is 0 Å². The molecule has 0 aromatic heterocycles. The fourth-order valence-electron chi connectivity index (χ4n) is 3.72. The number of hydrogen-bond donors (Lipinski definition) is 1. The van der Waals surface area contributed by atoms with Gasteiger partial charge < -0.3 is 10.1 Å². The summed E-state index contributed by atoms with van der Waals surface area (Å²) in [6.45, 7) is 5.36. The van der Waals surface area contributed by atoms with Crippen molar-refractivity contribution >= 4 is 0 Å². The number of nitrogens with one attached hydrogen (secondary N) is 1. The minimum atomic E-state index is -4.67. The monoisotopic (exact) mass is 410 g/mol. The summed E-state index contributed by atoms with van der Waals surface area (Å²) in [5.74, 6) is -1.25. The van der Waals surface area contributed by atoms with Gasteiger partial charge in [0, 0.05) is 38.6 Å².